The molecule has 0 radical (unpaired) electrons. The molecule has 0 amide bonds. The predicted molar refractivity (Wildman–Crippen MR) is 39.6 cm³/mol. The van der Waals surface area contributed by atoms with Gasteiger partial charge in [-0.15, -0.1) is 0 Å². The van der Waals surface area contributed by atoms with Gasteiger partial charge in [0.2, 0.25) is 0 Å². The van der Waals surface area contributed by atoms with Crippen molar-refractivity contribution >= 4 is 5.97 Å². The molecule has 0 aromatic rings. The van der Waals surface area contributed by atoms with E-state index >= 15 is 0 Å². The Morgan fingerprint density at radius 2 is 2.08 bits per heavy atom. The van der Waals surface area contributed by atoms with Gasteiger partial charge >= 0.3 is 5.97 Å². The van der Waals surface area contributed by atoms with Gasteiger partial charge in [0.1, 0.15) is 5.60 Å². The summed E-state index contributed by atoms with van der Waals surface area (Å²) in [5.41, 5.74) is -1.08. The summed E-state index contributed by atoms with van der Waals surface area (Å²) < 4.78 is 4.83. The number of ether oxygens (including phenoxy) is 1. The van der Waals surface area contributed by atoms with E-state index in [1.54, 1.807) is 0 Å². The lowest BCUT2D eigenvalue weighted by molar-refractivity contribution is -0.217. The Kier molecular flexibility index (Phi) is 1.63. The third-order valence-corrected chi connectivity index (χ3v) is 2.64. The van der Waals surface area contributed by atoms with E-state index in [2.05, 4.69) is 0 Å². The minimum atomic E-state index is -1.08. The van der Waals surface area contributed by atoms with Gasteiger partial charge in [-0.1, -0.05) is 0 Å². The molecule has 1 saturated carbocycles. The molecule has 2 fully saturated rings. The monoisotopic (exact) mass is 172 g/mol. The fraction of sp³-hybridized carbons (Fsp3) is 0.875. The maximum atomic E-state index is 10.8. The summed E-state index contributed by atoms with van der Waals surface area (Å²) in [4.78, 5) is 10.8. The fourth-order valence-corrected chi connectivity index (χ4v) is 1.79. The summed E-state index contributed by atoms with van der Waals surface area (Å²) in [6, 6.07) is 0. The molecule has 1 aliphatic heterocycles. The second-order valence-electron chi connectivity index (χ2n) is 3.75. The van der Waals surface area contributed by atoms with Crippen LogP contribution in [0.25, 0.3) is 0 Å². The Balaban J connectivity index is 2.09. The summed E-state index contributed by atoms with van der Waals surface area (Å²) in [5, 5.41) is 18.6. The van der Waals surface area contributed by atoms with Crippen molar-refractivity contribution in [3.63, 3.8) is 0 Å². The second-order valence-corrected chi connectivity index (χ2v) is 3.75. The second kappa shape index (κ2) is 2.44. The van der Waals surface area contributed by atoms with Crippen molar-refractivity contribution in [1.29, 1.82) is 0 Å². The van der Waals surface area contributed by atoms with Crippen LogP contribution in [-0.2, 0) is 9.53 Å². The van der Waals surface area contributed by atoms with Crippen LogP contribution in [0.2, 0.25) is 0 Å². The maximum absolute atomic E-state index is 10.8. The Morgan fingerprint density at radius 3 is 2.33 bits per heavy atom. The zero-order chi connectivity index (χ0) is 8.77. The van der Waals surface area contributed by atoms with E-state index in [4.69, 9.17) is 9.84 Å². The van der Waals surface area contributed by atoms with Crippen molar-refractivity contribution in [3.8, 4) is 0 Å². The largest absolute Gasteiger partial charge is 0.481 e. The molecule has 0 bridgehead atoms. The first-order valence-corrected chi connectivity index (χ1v) is 4.16. The molecule has 1 atom stereocenters. The average Bonchev–Trinajstić information content (AvgIpc) is 2.67. The van der Waals surface area contributed by atoms with Gasteiger partial charge in [-0.05, 0) is 18.8 Å². The highest BCUT2D eigenvalue weighted by atomic mass is 16.5. The number of carboxylic acids is 1. The molecule has 4 heteroatoms. The van der Waals surface area contributed by atoms with Crippen LogP contribution in [0.1, 0.15) is 12.8 Å². The van der Waals surface area contributed by atoms with E-state index in [9.17, 15) is 9.90 Å². The number of hydrogen-bond acceptors (Lipinski definition) is 3. The number of aliphatic carboxylic acids is 1. The molecule has 1 heterocycles. The number of carboxylic acid groups (broad SMARTS) is 1. The SMILES string of the molecule is O=C(O)C(C1CC1)C1(O)COC1. The molecule has 1 unspecified atom stereocenters. The average molecular weight is 172 g/mol. The summed E-state index contributed by atoms with van der Waals surface area (Å²) >= 11 is 0. The highest BCUT2D eigenvalue weighted by Gasteiger charge is 2.54. The Labute approximate surface area is 70.1 Å². The van der Waals surface area contributed by atoms with Crippen molar-refractivity contribution in [1.82, 2.24) is 0 Å². The summed E-state index contributed by atoms with van der Waals surface area (Å²) in [6.07, 6.45) is 1.86. The van der Waals surface area contributed by atoms with Crippen molar-refractivity contribution < 1.29 is 19.7 Å². The predicted octanol–water partition coefficient (Wildman–Crippen LogP) is -0.141. The van der Waals surface area contributed by atoms with Gasteiger partial charge in [-0.25, -0.2) is 0 Å². The van der Waals surface area contributed by atoms with Crippen LogP contribution >= 0.6 is 0 Å². The zero-order valence-electron chi connectivity index (χ0n) is 6.69. The van der Waals surface area contributed by atoms with E-state index in [-0.39, 0.29) is 19.1 Å². The first-order chi connectivity index (χ1) is 5.63. The van der Waals surface area contributed by atoms with Gasteiger partial charge in [-0.3, -0.25) is 4.79 Å². The minimum absolute atomic E-state index is 0.177. The number of rotatable bonds is 3. The van der Waals surface area contributed by atoms with Gasteiger partial charge in [0.05, 0.1) is 19.1 Å². The Morgan fingerprint density at radius 1 is 1.50 bits per heavy atom. The Hall–Kier alpha value is -0.610. The lowest BCUT2D eigenvalue weighted by Gasteiger charge is -2.40. The van der Waals surface area contributed by atoms with E-state index in [0.717, 1.165) is 12.8 Å². The summed E-state index contributed by atoms with van der Waals surface area (Å²) in [6.45, 7) is 0.362. The molecule has 0 aromatic heterocycles. The number of carbonyl (C=O) groups is 1. The van der Waals surface area contributed by atoms with Crippen LogP contribution in [0.5, 0.6) is 0 Å². The van der Waals surface area contributed by atoms with E-state index in [1.807, 2.05) is 0 Å². The van der Waals surface area contributed by atoms with Gasteiger partial charge in [0, 0.05) is 0 Å². The number of aliphatic hydroxyl groups is 1. The topological polar surface area (TPSA) is 66.8 Å². The molecular formula is C8H12O4. The van der Waals surface area contributed by atoms with Crippen molar-refractivity contribution in [2.75, 3.05) is 13.2 Å². The lowest BCUT2D eigenvalue weighted by atomic mass is 9.82. The van der Waals surface area contributed by atoms with Gasteiger partial charge in [-0.2, -0.15) is 0 Å². The van der Waals surface area contributed by atoms with Crippen molar-refractivity contribution in [2.45, 2.75) is 18.4 Å². The molecule has 2 N–H and O–H groups in total. The Bertz CT molecular complexity index is 205. The lowest BCUT2D eigenvalue weighted by Crippen LogP contribution is -2.58. The van der Waals surface area contributed by atoms with Crippen molar-refractivity contribution in [2.24, 2.45) is 11.8 Å². The standard InChI is InChI=1S/C8H12O4/c9-7(10)6(5-1-2-5)8(11)3-12-4-8/h5-6,11H,1-4H2,(H,9,10). The van der Waals surface area contributed by atoms with E-state index in [1.165, 1.54) is 0 Å². The summed E-state index contributed by atoms with van der Waals surface area (Å²) in [5.74, 6) is -1.31. The molecule has 0 aromatic carbocycles. The first-order valence-electron chi connectivity index (χ1n) is 4.16. The molecule has 0 spiro atoms. The first kappa shape index (κ1) is 8.01. The quantitative estimate of drug-likeness (QED) is 0.621. The van der Waals surface area contributed by atoms with Crippen LogP contribution in [0.15, 0.2) is 0 Å². The van der Waals surface area contributed by atoms with Gasteiger partial charge < -0.3 is 14.9 Å². The zero-order valence-corrected chi connectivity index (χ0v) is 6.69. The molecule has 4 nitrogen and oxygen atoms in total. The third-order valence-electron chi connectivity index (χ3n) is 2.64. The molecule has 2 rings (SSSR count). The third kappa shape index (κ3) is 1.11. The molecular weight excluding hydrogens is 160 g/mol. The highest BCUT2D eigenvalue weighted by Crippen LogP contribution is 2.44. The normalized spacial score (nSPS) is 29.1. The van der Waals surface area contributed by atoms with E-state index in [0.29, 0.717) is 0 Å². The smallest absolute Gasteiger partial charge is 0.309 e. The molecule has 12 heavy (non-hydrogen) atoms. The minimum Gasteiger partial charge on any atom is -0.481 e. The van der Waals surface area contributed by atoms with Crippen molar-refractivity contribution in [3.05, 3.63) is 0 Å². The van der Waals surface area contributed by atoms with Crippen LogP contribution in [-0.4, -0.2) is 35.0 Å². The molecule has 1 saturated heterocycles. The highest BCUT2D eigenvalue weighted by molar-refractivity contribution is 5.72. The maximum Gasteiger partial charge on any atom is 0.309 e. The van der Waals surface area contributed by atoms with Crippen LogP contribution in [0, 0.1) is 11.8 Å². The van der Waals surface area contributed by atoms with Crippen LogP contribution in [0.4, 0.5) is 0 Å². The van der Waals surface area contributed by atoms with Gasteiger partial charge in [0.25, 0.3) is 0 Å². The van der Waals surface area contributed by atoms with Gasteiger partial charge in [0.15, 0.2) is 0 Å². The molecule has 2 aliphatic rings. The summed E-state index contributed by atoms with van der Waals surface area (Å²) in [7, 11) is 0. The number of hydrogen-bond donors (Lipinski definition) is 2. The molecule has 68 valence electrons. The van der Waals surface area contributed by atoms with Crippen LogP contribution in [0.3, 0.4) is 0 Å². The van der Waals surface area contributed by atoms with E-state index < -0.39 is 17.5 Å². The molecule has 1 aliphatic carbocycles. The van der Waals surface area contributed by atoms with Crippen LogP contribution < -0.4 is 0 Å². The fourth-order valence-electron chi connectivity index (χ4n) is 1.79.